The van der Waals surface area contributed by atoms with Crippen molar-refractivity contribution in [3.05, 3.63) is 50.7 Å². The quantitative estimate of drug-likeness (QED) is 0.463. The van der Waals surface area contributed by atoms with Gasteiger partial charge < -0.3 is 4.74 Å². The molecule has 1 aromatic carbocycles. The first-order valence-corrected chi connectivity index (χ1v) is 7.00. The maximum absolute atomic E-state index is 12.6. The molecular weight excluding hydrogens is 356 g/mol. The molecule has 1 unspecified atom stereocenters. The molecule has 0 aliphatic rings. The Labute approximate surface area is 135 Å². The average Bonchev–Trinajstić information content (AvgIpc) is 2.43. The maximum atomic E-state index is 12.6. The lowest BCUT2D eigenvalue weighted by Gasteiger charge is -2.12. The third-order valence-electron chi connectivity index (χ3n) is 2.86. The molecular formula is C13H9ClF3N2O3P. The first-order chi connectivity index (χ1) is 10.6. The van der Waals surface area contributed by atoms with Crippen LogP contribution in [0.5, 0.6) is 11.6 Å². The van der Waals surface area contributed by atoms with Gasteiger partial charge in [-0.2, -0.15) is 13.2 Å². The van der Waals surface area contributed by atoms with Crippen molar-refractivity contribution in [1.82, 2.24) is 4.98 Å². The third kappa shape index (κ3) is 3.89. The van der Waals surface area contributed by atoms with Gasteiger partial charge in [0.25, 0.3) is 5.69 Å². The molecule has 0 saturated heterocycles. The molecule has 0 bridgehead atoms. The lowest BCUT2D eigenvalue weighted by Crippen LogP contribution is -2.06. The van der Waals surface area contributed by atoms with Crippen LogP contribution in [0.2, 0.25) is 5.02 Å². The zero-order valence-corrected chi connectivity index (χ0v) is 13.4. The number of nitro groups is 1. The van der Waals surface area contributed by atoms with Gasteiger partial charge in [-0.15, -0.1) is 0 Å². The molecule has 23 heavy (non-hydrogen) atoms. The Bertz CT molecular complexity index is 784. The Morgan fingerprint density at radius 3 is 2.52 bits per heavy atom. The molecule has 0 aliphatic heterocycles. The molecule has 122 valence electrons. The van der Waals surface area contributed by atoms with Crippen molar-refractivity contribution < 1.29 is 22.8 Å². The van der Waals surface area contributed by atoms with Crippen LogP contribution in [0.4, 0.5) is 18.9 Å². The fourth-order valence-corrected chi connectivity index (χ4v) is 2.26. The molecule has 2 rings (SSSR count). The minimum absolute atomic E-state index is 0.119. The lowest BCUT2D eigenvalue weighted by molar-refractivity contribution is -0.383. The van der Waals surface area contributed by atoms with E-state index in [2.05, 4.69) is 14.2 Å². The second-order valence-corrected chi connectivity index (χ2v) is 5.57. The summed E-state index contributed by atoms with van der Waals surface area (Å²) < 4.78 is 43.0. The van der Waals surface area contributed by atoms with E-state index in [4.69, 9.17) is 16.3 Å². The number of nitrogens with zero attached hydrogens (tertiary/aromatic N) is 2. The van der Waals surface area contributed by atoms with Crippen molar-refractivity contribution in [2.24, 2.45) is 0 Å². The summed E-state index contributed by atoms with van der Waals surface area (Å²) in [6.45, 7) is 1.56. The number of ether oxygens (including phenoxy) is 1. The number of aromatic nitrogens is 1. The number of hydrogen-bond donors (Lipinski definition) is 0. The van der Waals surface area contributed by atoms with Crippen molar-refractivity contribution >= 4 is 31.8 Å². The summed E-state index contributed by atoms with van der Waals surface area (Å²) in [5, 5.41) is 10.8. The third-order valence-corrected chi connectivity index (χ3v) is 3.60. The molecule has 0 amide bonds. The number of rotatable bonds is 3. The van der Waals surface area contributed by atoms with Gasteiger partial charge in [0.05, 0.1) is 15.8 Å². The van der Waals surface area contributed by atoms with E-state index >= 15 is 0 Å². The summed E-state index contributed by atoms with van der Waals surface area (Å²) in [5.41, 5.74) is -0.700. The number of nitro benzene ring substituents is 1. The van der Waals surface area contributed by atoms with Gasteiger partial charge in [0, 0.05) is 12.3 Å². The molecule has 0 aliphatic carbocycles. The summed E-state index contributed by atoms with van der Waals surface area (Å²) in [6.07, 6.45) is -3.96. The zero-order chi connectivity index (χ0) is 17.4. The molecule has 10 heteroatoms. The van der Waals surface area contributed by atoms with E-state index in [1.165, 1.54) is 12.1 Å². The Hall–Kier alpha value is -1.92. The average molecular weight is 365 g/mol. The van der Waals surface area contributed by atoms with E-state index in [-0.39, 0.29) is 27.6 Å². The number of hydrogen-bond acceptors (Lipinski definition) is 4. The number of benzene rings is 1. The summed E-state index contributed by atoms with van der Waals surface area (Å²) in [5.74, 6) is -0.0178. The maximum Gasteiger partial charge on any atom is 0.417 e. The molecule has 0 N–H and O–H groups in total. The zero-order valence-electron chi connectivity index (χ0n) is 11.5. The van der Waals surface area contributed by atoms with Crippen LogP contribution in [-0.4, -0.2) is 9.91 Å². The number of aryl methyl sites for hydroxylation is 1. The molecule has 0 saturated carbocycles. The Balaban J connectivity index is 2.37. The predicted octanol–water partition coefficient (Wildman–Crippen LogP) is 4.26. The highest BCUT2D eigenvalue weighted by Gasteiger charge is 2.32. The highest BCUT2D eigenvalue weighted by atomic mass is 35.5. The molecule has 1 aromatic heterocycles. The minimum Gasteiger partial charge on any atom is -0.437 e. The highest BCUT2D eigenvalue weighted by molar-refractivity contribution is 7.28. The van der Waals surface area contributed by atoms with Gasteiger partial charge in [-0.3, -0.25) is 10.1 Å². The van der Waals surface area contributed by atoms with Crippen LogP contribution in [0, 0.1) is 17.0 Å². The van der Waals surface area contributed by atoms with Crippen molar-refractivity contribution in [3.8, 4) is 11.6 Å². The van der Waals surface area contributed by atoms with Crippen LogP contribution in [0.3, 0.4) is 0 Å². The van der Waals surface area contributed by atoms with Crippen LogP contribution < -0.4 is 10.0 Å². The fraction of sp³-hybridized carbons (Fsp3) is 0.154. The van der Waals surface area contributed by atoms with Gasteiger partial charge in [-0.25, -0.2) is 4.98 Å². The Morgan fingerprint density at radius 2 is 2.00 bits per heavy atom. The van der Waals surface area contributed by atoms with Gasteiger partial charge in [-0.05, 0) is 24.6 Å². The van der Waals surface area contributed by atoms with Crippen LogP contribution in [0.1, 0.15) is 11.1 Å². The van der Waals surface area contributed by atoms with E-state index < -0.39 is 16.7 Å². The molecule has 1 heterocycles. The van der Waals surface area contributed by atoms with Crippen LogP contribution >= 0.6 is 20.8 Å². The largest absolute Gasteiger partial charge is 0.437 e. The van der Waals surface area contributed by atoms with Crippen LogP contribution in [0.15, 0.2) is 24.4 Å². The summed E-state index contributed by atoms with van der Waals surface area (Å²) >= 11 is 5.76. The van der Waals surface area contributed by atoms with Crippen molar-refractivity contribution in [3.63, 3.8) is 0 Å². The second-order valence-electron chi connectivity index (χ2n) is 4.54. The molecule has 1 atom stereocenters. The van der Waals surface area contributed by atoms with Crippen LogP contribution in [0.25, 0.3) is 0 Å². The first-order valence-electron chi connectivity index (χ1n) is 6.04. The lowest BCUT2D eigenvalue weighted by atomic mass is 10.2. The van der Waals surface area contributed by atoms with E-state index in [9.17, 15) is 23.3 Å². The molecule has 0 spiro atoms. The van der Waals surface area contributed by atoms with E-state index in [0.717, 1.165) is 0 Å². The molecule has 0 fully saturated rings. The standard InChI is InChI=1S/C13H9ClF3N2O3P/c1-6-2-9(19(20)21)11(23)4-10(6)22-12-8(14)3-7(5-18-12)13(15,16)17/h2-5H,23H2,1H3. The van der Waals surface area contributed by atoms with Crippen molar-refractivity contribution in [2.45, 2.75) is 13.1 Å². The minimum atomic E-state index is -4.56. The smallest absolute Gasteiger partial charge is 0.417 e. The normalized spacial score (nSPS) is 11.4. The summed E-state index contributed by atoms with van der Waals surface area (Å²) in [6, 6.07) is 3.36. The summed E-state index contributed by atoms with van der Waals surface area (Å²) in [4.78, 5) is 13.8. The predicted molar refractivity (Wildman–Crippen MR) is 81.5 cm³/mol. The Morgan fingerprint density at radius 1 is 1.35 bits per heavy atom. The van der Waals surface area contributed by atoms with E-state index in [1.807, 2.05) is 0 Å². The Kier molecular flexibility index (Phi) is 4.77. The SMILES string of the molecule is Cc1cc([N+](=O)[O-])c(P)cc1Oc1ncc(C(F)(F)F)cc1Cl. The first kappa shape index (κ1) is 17.4. The van der Waals surface area contributed by atoms with Gasteiger partial charge in [0.1, 0.15) is 10.8 Å². The number of alkyl halides is 3. The van der Waals surface area contributed by atoms with Gasteiger partial charge in [0.2, 0.25) is 5.88 Å². The second kappa shape index (κ2) is 6.29. The van der Waals surface area contributed by atoms with Crippen molar-refractivity contribution in [2.75, 3.05) is 0 Å². The highest BCUT2D eigenvalue weighted by Crippen LogP contribution is 2.35. The monoisotopic (exact) mass is 364 g/mol. The van der Waals surface area contributed by atoms with Gasteiger partial charge >= 0.3 is 6.18 Å². The van der Waals surface area contributed by atoms with E-state index in [1.54, 1.807) is 6.92 Å². The van der Waals surface area contributed by atoms with Gasteiger partial charge in [0.15, 0.2) is 0 Å². The number of pyridine rings is 1. The number of halogens is 4. The van der Waals surface area contributed by atoms with E-state index in [0.29, 0.717) is 17.8 Å². The molecule has 2 aromatic rings. The molecule has 0 radical (unpaired) electrons. The van der Waals surface area contributed by atoms with Crippen LogP contribution in [-0.2, 0) is 6.18 Å². The van der Waals surface area contributed by atoms with Crippen molar-refractivity contribution in [1.29, 1.82) is 0 Å². The fourth-order valence-electron chi connectivity index (χ4n) is 1.72. The topological polar surface area (TPSA) is 65.3 Å². The van der Waals surface area contributed by atoms with Gasteiger partial charge in [-0.1, -0.05) is 20.8 Å². The summed E-state index contributed by atoms with van der Waals surface area (Å²) in [7, 11) is 2.19. The molecule has 5 nitrogen and oxygen atoms in total.